The second kappa shape index (κ2) is 7.70. The number of allylic oxidation sites excluding steroid dienone is 2. The van der Waals surface area contributed by atoms with Crippen LogP contribution < -0.4 is 16.0 Å². The summed E-state index contributed by atoms with van der Waals surface area (Å²) in [5, 5.41) is 8.06. The van der Waals surface area contributed by atoms with Crippen molar-refractivity contribution in [3.05, 3.63) is 65.4 Å². The third-order valence-corrected chi connectivity index (χ3v) is 5.49. The maximum Gasteiger partial charge on any atom is 0.316 e. The Morgan fingerprint density at radius 2 is 1.79 bits per heavy atom. The van der Waals surface area contributed by atoms with Gasteiger partial charge in [-0.3, -0.25) is 19.7 Å². The highest BCUT2D eigenvalue weighted by atomic mass is 16.2. The van der Waals surface area contributed by atoms with Crippen LogP contribution >= 0.6 is 0 Å². The highest BCUT2D eigenvalue weighted by Gasteiger charge is 2.40. The Kier molecular flexibility index (Phi) is 5.46. The molecule has 6 heteroatoms. The first kappa shape index (κ1) is 20.6. The van der Waals surface area contributed by atoms with Gasteiger partial charge in [0.1, 0.15) is 5.70 Å². The van der Waals surface area contributed by atoms with Crippen molar-refractivity contribution in [1.29, 1.82) is 0 Å². The number of piperazine rings is 1. The molecule has 0 saturated carbocycles. The lowest BCUT2D eigenvalue weighted by Crippen LogP contribution is -2.51. The minimum absolute atomic E-state index is 0.0662. The van der Waals surface area contributed by atoms with Gasteiger partial charge in [0, 0.05) is 23.1 Å². The van der Waals surface area contributed by atoms with Gasteiger partial charge < -0.3 is 10.6 Å². The molecular weight excluding hydrogens is 366 g/mol. The number of amides is 3. The number of rotatable bonds is 5. The van der Waals surface area contributed by atoms with Crippen LogP contribution in [-0.4, -0.2) is 23.8 Å². The van der Waals surface area contributed by atoms with Crippen LogP contribution in [0.1, 0.15) is 44.7 Å². The molecule has 3 rings (SSSR count). The fourth-order valence-corrected chi connectivity index (χ4v) is 3.63. The van der Waals surface area contributed by atoms with E-state index in [0.717, 1.165) is 17.7 Å². The zero-order valence-electron chi connectivity index (χ0n) is 17.3. The molecule has 29 heavy (non-hydrogen) atoms. The van der Waals surface area contributed by atoms with E-state index in [1.54, 1.807) is 6.08 Å². The summed E-state index contributed by atoms with van der Waals surface area (Å²) in [7, 11) is 0. The lowest BCUT2D eigenvalue weighted by atomic mass is 9.76. The topological polar surface area (TPSA) is 87.3 Å². The van der Waals surface area contributed by atoms with Crippen molar-refractivity contribution in [2.24, 2.45) is 5.41 Å². The first-order valence-corrected chi connectivity index (χ1v) is 9.67. The number of hydrogen-bond donors (Lipinski definition) is 3. The molecule has 0 bridgehead atoms. The van der Waals surface area contributed by atoms with Crippen molar-refractivity contribution < 1.29 is 14.4 Å². The number of imide groups is 1. The van der Waals surface area contributed by atoms with Crippen LogP contribution in [0.25, 0.3) is 0 Å². The van der Waals surface area contributed by atoms with Crippen molar-refractivity contribution in [3.63, 3.8) is 0 Å². The molecule has 0 aliphatic carbocycles. The monoisotopic (exact) mass is 393 g/mol. The van der Waals surface area contributed by atoms with Gasteiger partial charge in [-0.15, -0.1) is 6.58 Å². The standard InChI is InChI=1S/C23H27N3O3/c1-6-23(4,5)19-16(12-18-20(27)26-22(29)21(28)25-18)15-10-9-14(8-7-13(2)3)11-17(15)24-19/h6-7,9-12,16,19,24H,1,8H2,2-5H3,(H,25,28)(H,26,27,29)/t16-,19-/m1/s1. The molecular formula is C23H27N3O3. The molecule has 0 spiro atoms. The number of carbonyl (C=O) groups excluding carboxylic acids is 3. The van der Waals surface area contributed by atoms with Crippen molar-refractivity contribution in [3.8, 4) is 0 Å². The molecule has 0 unspecified atom stereocenters. The molecule has 1 saturated heterocycles. The summed E-state index contributed by atoms with van der Waals surface area (Å²) in [6, 6.07) is 6.20. The van der Waals surface area contributed by atoms with Crippen molar-refractivity contribution in [2.45, 2.75) is 46.1 Å². The third kappa shape index (κ3) is 4.16. The summed E-state index contributed by atoms with van der Waals surface area (Å²) in [5.41, 5.74) is 4.30. The number of carbonyl (C=O) groups is 3. The third-order valence-electron chi connectivity index (χ3n) is 5.49. The van der Waals surface area contributed by atoms with E-state index < -0.39 is 17.7 Å². The van der Waals surface area contributed by atoms with Gasteiger partial charge in [0.15, 0.2) is 0 Å². The molecule has 3 amide bonds. The fourth-order valence-electron chi connectivity index (χ4n) is 3.63. The van der Waals surface area contributed by atoms with Gasteiger partial charge in [-0.1, -0.05) is 43.7 Å². The Morgan fingerprint density at radius 1 is 1.10 bits per heavy atom. The molecule has 2 aliphatic heterocycles. The molecule has 152 valence electrons. The molecule has 3 N–H and O–H groups in total. The molecule has 2 aliphatic rings. The number of nitrogens with one attached hydrogen (secondary N) is 3. The Balaban J connectivity index is 2.01. The average molecular weight is 393 g/mol. The molecule has 0 radical (unpaired) electrons. The molecule has 0 aromatic heterocycles. The van der Waals surface area contributed by atoms with Gasteiger partial charge in [0.2, 0.25) is 0 Å². The van der Waals surface area contributed by atoms with Crippen LogP contribution in [0.2, 0.25) is 0 Å². The average Bonchev–Trinajstić information content (AvgIpc) is 3.03. The van der Waals surface area contributed by atoms with Crippen LogP contribution in [0.5, 0.6) is 0 Å². The highest BCUT2D eigenvalue weighted by molar-refractivity contribution is 6.42. The highest BCUT2D eigenvalue weighted by Crippen LogP contribution is 2.45. The number of hydrogen-bond acceptors (Lipinski definition) is 4. The van der Waals surface area contributed by atoms with Crippen molar-refractivity contribution >= 4 is 23.4 Å². The maximum absolute atomic E-state index is 12.2. The van der Waals surface area contributed by atoms with Crippen molar-refractivity contribution in [1.82, 2.24) is 10.6 Å². The smallest absolute Gasteiger partial charge is 0.316 e. The first-order chi connectivity index (χ1) is 13.6. The zero-order chi connectivity index (χ0) is 21.3. The summed E-state index contributed by atoms with van der Waals surface area (Å²) >= 11 is 0. The van der Waals surface area contributed by atoms with Crippen LogP contribution in [0.4, 0.5) is 5.69 Å². The number of anilines is 1. The summed E-state index contributed by atoms with van der Waals surface area (Å²) in [6.07, 6.45) is 6.64. The second-order valence-electron chi connectivity index (χ2n) is 8.40. The van der Waals surface area contributed by atoms with E-state index in [1.165, 1.54) is 11.1 Å². The van der Waals surface area contributed by atoms with E-state index >= 15 is 0 Å². The van der Waals surface area contributed by atoms with E-state index in [2.05, 4.69) is 74.5 Å². The molecule has 6 nitrogen and oxygen atoms in total. The molecule has 2 atom stereocenters. The van der Waals surface area contributed by atoms with E-state index in [-0.39, 0.29) is 23.1 Å². The minimum Gasteiger partial charge on any atom is -0.380 e. The normalized spacial score (nSPS) is 22.5. The van der Waals surface area contributed by atoms with Gasteiger partial charge in [0.05, 0.1) is 0 Å². The van der Waals surface area contributed by atoms with E-state index in [9.17, 15) is 14.4 Å². The molecule has 1 aromatic rings. The van der Waals surface area contributed by atoms with E-state index in [0.29, 0.717) is 0 Å². The van der Waals surface area contributed by atoms with Crippen LogP contribution in [0.3, 0.4) is 0 Å². The lowest BCUT2D eigenvalue weighted by Gasteiger charge is -2.32. The van der Waals surface area contributed by atoms with E-state index in [1.807, 2.05) is 6.08 Å². The predicted octanol–water partition coefficient (Wildman–Crippen LogP) is 2.94. The second-order valence-corrected chi connectivity index (χ2v) is 8.40. The van der Waals surface area contributed by atoms with Gasteiger partial charge in [-0.2, -0.15) is 0 Å². The SMILES string of the molecule is C=CC(C)(C)[C@@H]1Nc2cc(CC=C(C)C)ccc2[C@H]1C=C1NC(=O)C(=O)NC1=O. The fraction of sp³-hybridized carbons (Fsp3) is 0.348. The van der Waals surface area contributed by atoms with E-state index in [4.69, 9.17) is 0 Å². The Labute approximate surface area is 171 Å². The van der Waals surface area contributed by atoms with Crippen LogP contribution in [0, 0.1) is 5.41 Å². The number of fused-ring (bicyclic) bond motifs is 1. The Bertz CT molecular complexity index is 952. The summed E-state index contributed by atoms with van der Waals surface area (Å²) < 4.78 is 0. The largest absolute Gasteiger partial charge is 0.380 e. The molecule has 2 heterocycles. The Hall–Kier alpha value is -3.15. The quantitative estimate of drug-likeness (QED) is 0.311. The predicted molar refractivity (Wildman–Crippen MR) is 113 cm³/mol. The minimum atomic E-state index is -0.941. The van der Waals surface area contributed by atoms with Crippen LogP contribution in [-0.2, 0) is 20.8 Å². The lowest BCUT2D eigenvalue weighted by molar-refractivity contribution is -0.143. The summed E-state index contributed by atoms with van der Waals surface area (Å²) in [5.74, 6) is -2.55. The van der Waals surface area contributed by atoms with Gasteiger partial charge in [-0.05, 0) is 43.5 Å². The van der Waals surface area contributed by atoms with Gasteiger partial charge in [0.25, 0.3) is 5.91 Å². The van der Waals surface area contributed by atoms with Crippen LogP contribution in [0.15, 0.2) is 54.3 Å². The van der Waals surface area contributed by atoms with Gasteiger partial charge in [-0.25, -0.2) is 0 Å². The Morgan fingerprint density at radius 3 is 2.45 bits per heavy atom. The molecule has 1 fully saturated rings. The molecule has 1 aromatic carbocycles. The summed E-state index contributed by atoms with van der Waals surface area (Å²) in [4.78, 5) is 35.3. The summed E-state index contributed by atoms with van der Waals surface area (Å²) in [6.45, 7) is 12.3. The number of benzene rings is 1. The first-order valence-electron chi connectivity index (χ1n) is 9.67. The van der Waals surface area contributed by atoms with Crippen molar-refractivity contribution in [2.75, 3.05) is 5.32 Å². The maximum atomic E-state index is 12.2. The van der Waals surface area contributed by atoms with Gasteiger partial charge >= 0.3 is 11.8 Å². The zero-order valence-corrected chi connectivity index (χ0v) is 17.3.